The van der Waals surface area contributed by atoms with Crippen molar-refractivity contribution in [1.82, 2.24) is 0 Å². The van der Waals surface area contributed by atoms with Gasteiger partial charge in [-0.1, -0.05) is 77.9 Å². The molecule has 2 aromatic carbocycles. The van der Waals surface area contributed by atoms with E-state index in [2.05, 4.69) is 0 Å². The molecule has 2 nitrogen and oxygen atoms in total. The molecule has 0 heterocycles. The first-order valence-electron chi connectivity index (χ1n) is 8.56. The number of benzene rings is 2. The van der Waals surface area contributed by atoms with E-state index in [0.717, 1.165) is 21.9 Å². The van der Waals surface area contributed by atoms with E-state index in [9.17, 15) is 9.59 Å². The molecule has 2 heteroatoms. The molecular weight excluding hydrogens is 296 g/mol. The highest BCUT2D eigenvalue weighted by molar-refractivity contribution is 5.96. The number of Topliss-reactive ketones (excluding diaryl/α,β-unsaturated/α-hetero) is 2. The van der Waals surface area contributed by atoms with E-state index in [1.54, 1.807) is 0 Å². The molecule has 0 N–H and O–H groups in total. The highest BCUT2D eigenvalue weighted by Gasteiger charge is 2.23. The van der Waals surface area contributed by atoms with Gasteiger partial charge in [-0.15, -0.1) is 0 Å². The van der Waals surface area contributed by atoms with E-state index in [1.807, 2.05) is 77.9 Å². The van der Waals surface area contributed by atoms with Crippen molar-refractivity contribution in [3.63, 3.8) is 0 Å². The Hall–Kier alpha value is -1.96. The SMILES string of the molecule is CC(C)(C)C(=O)Cc1cccc2c(CC(=O)C(C)(C)C)cccc12. The van der Waals surface area contributed by atoms with Gasteiger partial charge in [0.2, 0.25) is 0 Å². The van der Waals surface area contributed by atoms with Crippen molar-refractivity contribution in [2.24, 2.45) is 10.8 Å². The molecule has 0 aromatic heterocycles. The van der Waals surface area contributed by atoms with Crippen LogP contribution in [0.25, 0.3) is 10.8 Å². The monoisotopic (exact) mass is 324 g/mol. The zero-order valence-electron chi connectivity index (χ0n) is 15.7. The van der Waals surface area contributed by atoms with E-state index in [0.29, 0.717) is 12.8 Å². The number of hydrogen-bond acceptors (Lipinski definition) is 2. The quantitative estimate of drug-likeness (QED) is 0.779. The molecule has 0 aliphatic rings. The van der Waals surface area contributed by atoms with E-state index < -0.39 is 0 Å². The minimum atomic E-state index is -0.345. The molecule has 0 saturated carbocycles. The van der Waals surface area contributed by atoms with Crippen molar-refractivity contribution in [2.45, 2.75) is 54.4 Å². The highest BCUT2D eigenvalue weighted by Crippen LogP contribution is 2.27. The molecule has 0 bridgehead atoms. The average Bonchev–Trinajstić information content (AvgIpc) is 2.46. The van der Waals surface area contributed by atoms with Crippen LogP contribution in [0.5, 0.6) is 0 Å². The molecule has 0 atom stereocenters. The molecule has 0 aliphatic heterocycles. The van der Waals surface area contributed by atoms with Crippen molar-refractivity contribution in [3.8, 4) is 0 Å². The maximum atomic E-state index is 12.4. The van der Waals surface area contributed by atoms with Crippen LogP contribution >= 0.6 is 0 Å². The second-order valence-corrected chi connectivity index (χ2v) is 8.63. The Bertz CT molecular complexity index is 703. The first-order chi connectivity index (χ1) is 11.0. The summed E-state index contributed by atoms with van der Waals surface area (Å²) in [4.78, 5) is 24.8. The first kappa shape index (κ1) is 18.4. The molecule has 0 radical (unpaired) electrons. The van der Waals surface area contributed by atoms with Gasteiger partial charge < -0.3 is 0 Å². The van der Waals surface area contributed by atoms with Crippen LogP contribution in [0.1, 0.15) is 52.7 Å². The van der Waals surface area contributed by atoms with E-state index in [-0.39, 0.29) is 22.4 Å². The Kier molecular flexibility index (Phi) is 4.98. The Labute approximate surface area is 145 Å². The second-order valence-electron chi connectivity index (χ2n) is 8.63. The summed E-state index contributed by atoms with van der Waals surface area (Å²) in [6, 6.07) is 12.1. The summed E-state index contributed by atoms with van der Waals surface area (Å²) in [7, 11) is 0. The van der Waals surface area contributed by atoms with Gasteiger partial charge in [0, 0.05) is 23.7 Å². The Balaban J connectivity index is 2.43. The minimum absolute atomic E-state index is 0.228. The van der Waals surface area contributed by atoms with Crippen LogP contribution in [-0.4, -0.2) is 11.6 Å². The average molecular weight is 324 g/mol. The van der Waals surface area contributed by atoms with Crippen LogP contribution < -0.4 is 0 Å². The van der Waals surface area contributed by atoms with Crippen molar-refractivity contribution in [3.05, 3.63) is 47.5 Å². The summed E-state index contributed by atoms with van der Waals surface area (Å²) in [5.41, 5.74) is 1.39. The molecule has 128 valence electrons. The first-order valence-corrected chi connectivity index (χ1v) is 8.56. The molecular formula is C22H28O2. The smallest absolute Gasteiger partial charge is 0.142 e. The molecule has 2 aromatic rings. The second kappa shape index (κ2) is 6.51. The standard InChI is InChI=1S/C22H28O2/c1-21(2,3)19(23)13-15-9-7-12-18-16(10-8-11-17(15)18)14-20(24)22(4,5)6/h7-12H,13-14H2,1-6H3. The lowest BCUT2D eigenvalue weighted by Gasteiger charge is -2.19. The largest absolute Gasteiger partial charge is 0.299 e. The maximum absolute atomic E-state index is 12.4. The summed E-state index contributed by atoms with van der Waals surface area (Å²) in [5.74, 6) is 0.456. The van der Waals surface area contributed by atoms with Gasteiger partial charge in [0.15, 0.2) is 0 Å². The predicted molar refractivity (Wildman–Crippen MR) is 100 cm³/mol. The summed E-state index contributed by atoms with van der Waals surface area (Å²) in [5, 5.41) is 2.16. The summed E-state index contributed by atoms with van der Waals surface area (Å²) < 4.78 is 0. The molecule has 0 unspecified atom stereocenters. The van der Waals surface area contributed by atoms with Crippen LogP contribution in [0.3, 0.4) is 0 Å². The van der Waals surface area contributed by atoms with Crippen molar-refractivity contribution < 1.29 is 9.59 Å². The third-order valence-corrected chi connectivity index (χ3v) is 4.48. The van der Waals surface area contributed by atoms with Crippen molar-refractivity contribution in [2.75, 3.05) is 0 Å². The van der Waals surface area contributed by atoms with Crippen LogP contribution in [-0.2, 0) is 22.4 Å². The number of fused-ring (bicyclic) bond motifs is 1. The van der Waals surface area contributed by atoms with Gasteiger partial charge in [-0.2, -0.15) is 0 Å². The lowest BCUT2D eigenvalue weighted by atomic mass is 9.84. The van der Waals surface area contributed by atoms with Crippen molar-refractivity contribution >= 4 is 22.3 Å². The molecule has 0 aliphatic carbocycles. The molecule has 0 fully saturated rings. The fourth-order valence-corrected chi connectivity index (χ4v) is 2.62. The number of carbonyl (C=O) groups is 2. The number of carbonyl (C=O) groups excluding carboxylic acids is 2. The maximum Gasteiger partial charge on any atom is 0.142 e. The van der Waals surface area contributed by atoms with Gasteiger partial charge >= 0.3 is 0 Å². The molecule has 2 rings (SSSR count). The highest BCUT2D eigenvalue weighted by atomic mass is 16.1. The topological polar surface area (TPSA) is 34.1 Å². The summed E-state index contributed by atoms with van der Waals surface area (Å²) in [6.45, 7) is 11.7. The third-order valence-electron chi connectivity index (χ3n) is 4.48. The fraction of sp³-hybridized carbons (Fsp3) is 0.455. The summed E-state index contributed by atoms with van der Waals surface area (Å²) >= 11 is 0. The van der Waals surface area contributed by atoms with Gasteiger partial charge in [-0.05, 0) is 21.9 Å². The Morgan fingerprint density at radius 3 is 1.29 bits per heavy atom. The van der Waals surface area contributed by atoms with Crippen LogP contribution in [0.15, 0.2) is 36.4 Å². The number of rotatable bonds is 4. The number of ketones is 2. The van der Waals surface area contributed by atoms with Crippen LogP contribution in [0, 0.1) is 10.8 Å². The van der Waals surface area contributed by atoms with E-state index in [4.69, 9.17) is 0 Å². The van der Waals surface area contributed by atoms with E-state index in [1.165, 1.54) is 0 Å². The Morgan fingerprint density at radius 2 is 1.00 bits per heavy atom. The number of hydrogen-bond donors (Lipinski definition) is 0. The molecule has 0 spiro atoms. The molecule has 0 saturated heterocycles. The van der Waals surface area contributed by atoms with Gasteiger partial charge in [0.25, 0.3) is 0 Å². The lowest BCUT2D eigenvalue weighted by Crippen LogP contribution is -2.22. The van der Waals surface area contributed by atoms with Gasteiger partial charge in [-0.25, -0.2) is 0 Å². The lowest BCUT2D eigenvalue weighted by molar-refractivity contribution is -0.126. The molecule has 24 heavy (non-hydrogen) atoms. The van der Waals surface area contributed by atoms with Crippen LogP contribution in [0.2, 0.25) is 0 Å². The molecule has 0 amide bonds. The Morgan fingerprint density at radius 1 is 0.667 bits per heavy atom. The van der Waals surface area contributed by atoms with Crippen molar-refractivity contribution in [1.29, 1.82) is 0 Å². The van der Waals surface area contributed by atoms with Gasteiger partial charge in [0.1, 0.15) is 11.6 Å². The third kappa shape index (κ3) is 4.11. The minimum Gasteiger partial charge on any atom is -0.299 e. The van der Waals surface area contributed by atoms with Gasteiger partial charge in [0.05, 0.1) is 0 Å². The zero-order valence-corrected chi connectivity index (χ0v) is 15.7. The normalized spacial score (nSPS) is 12.4. The summed E-state index contributed by atoms with van der Waals surface area (Å²) in [6.07, 6.45) is 0.856. The predicted octanol–water partition coefficient (Wildman–Crippen LogP) is 5.16. The van der Waals surface area contributed by atoms with E-state index >= 15 is 0 Å². The van der Waals surface area contributed by atoms with Crippen LogP contribution in [0.4, 0.5) is 0 Å². The zero-order chi connectivity index (χ0) is 18.1. The fourth-order valence-electron chi connectivity index (χ4n) is 2.62. The van der Waals surface area contributed by atoms with Gasteiger partial charge in [-0.3, -0.25) is 9.59 Å².